The Balaban J connectivity index is 1.63. The van der Waals surface area contributed by atoms with Crippen molar-refractivity contribution in [3.63, 3.8) is 0 Å². The average Bonchev–Trinajstić information content (AvgIpc) is 3.11. The van der Waals surface area contributed by atoms with E-state index in [0.29, 0.717) is 25.2 Å². The number of hydrogen-bond acceptors (Lipinski definition) is 5. The van der Waals surface area contributed by atoms with E-state index in [1.807, 2.05) is 0 Å². The molecule has 1 aliphatic rings. The number of amides is 1. The Morgan fingerprint density at radius 3 is 2.39 bits per heavy atom. The van der Waals surface area contributed by atoms with Crippen LogP contribution in [-0.2, 0) is 26.1 Å². The van der Waals surface area contributed by atoms with E-state index in [1.54, 1.807) is 19.1 Å². The first-order valence-electron chi connectivity index (χ1n) is 11.1. The maximum absolute atomic E-state index is 13.4. The summed E-state index contributed by atoms with van der Waals surface area (Å²) in [5, 5.41) is 0. The van der Waals surface area contributed by atoms with Gasteiger partial charge in [0, 0.05) is 26.2 Å². The summed E-state index contributed by atoms with van der Waals surface area (Å²) in [5.74, 6) is -1.60. The minimum absolute atomic E-state index is 0.0338. The topological polar surface area (TPSA) is 84.0 Å². The van der Waals surface area contributed by atoms with Gasteiger partial charge in [0.1, 0.15) is 5.82 Å². The predicted molar refractivity (Wildman–Crippen MR) is 121 cm³/mol. The van der Waals surface area contributed by atoms with Crippen molar-refractivity contribution in [1.29, 1.82) is 0 Å². The standard InChI is InChI=1S/C24H29FN2O5S/c1-2-26(17-19-9-7-11-21(25)15-19)23(28)18-32-24(29)20-10-8-12-22(16-20)33(30,31)27-13-5-3-4-6-14-27/h7-12,15-16H,2-6,13-14,17-18H2,1H3. The van der Waals surface area contributed by atoms with E-state index < -0.39 is 34.3 Å². The van der Waals surface area contributed by atoms with Crippen molar-refractivity contribution in [3.05, 3.63) is 65.5 Å². The quantitative estimate of drug-likeness (QED) is 0.544. The summed E-state index contributed by atoms with van der Waals surface area (Å²) >= 11 is 0. The lowest BCUT2D eigenvalue weighted by atomic mass is 10.2. The van der Waals surface area contributed by atoms with Crippen LogP contribution in [-0.4, -0.2) is 55.7 Å². The van der Waals surface area contributed by atoms with Crippen LogP contribution in [0, 0.1) is 5.82 Å². The van der Waals surface area contributed by atoms with Gasteiger partial charge in [-0.1, -0.05) is 31.0 Å². The Labute approximate surface area is 194 Å². The molecule has 0 aliphatic carbocycles. The molecular weight excluding hydrogens is 447 g/mol. The fraction of sp³-hybridized carbons (Fsp3) is 0.417. The lowest BCUT2D eigenvalue weighted by Gasteiger charge is -2.21. The molecule has 1 saturated heterocycles. The first kappa shape index (κ1) is 24.9. The minimum Gasteiger partial charge on any atom is -0.452 e. The van der Waals surface area contributed by atoms with Gasteiger partial charge in [-0.2, -0.15) is 4.31 Å². The number of hydrogen-bond donors (Lipinski definition) is 0. The van der Waals surface area contributed by atoms with Crippen LogP contribution in [0.25, 0.3) is 0 Å². The summed E-state index contributed by atoms with van der Waals surface area (Å²) in [5.41, 5.74) is 0.690. The van der Waals surface area contributed by atoms with Gasteiger partial charge in [0.25, 0.3) is 5.91 Å². The summed E-state index contributed by atoms with van der Waals surface area (Å²) < 4.78 is 46.0. The molecule has 0 spiro atoms. The van der Waals surface area contributed by atoms with E-state index in [1.165, 1.54) is 45.6 Å². The van der Waals surface area contributed by atoms with E-state index in [-0.39, 0.29) is 17.0 Å². The van der Waals surface area contributed by atoms with Gasteiger partial charge in [-0.25, -0.2) is 17.6 Å². The van der Waals surface area contributed by atoms with Crippen LogP contribution in [0.3, 0.4) is 0 Å². The molecule has 178 valence electrons. The SMILES string of the molecule is CCN(Cc1cccc(F)c1)C(=O)COC(=O)c1cccc(S(=O)(=O)N2CCCCCC2)c1. The molecule has 1 fully saturated rings. The highest BCUT2D eigenvalue weighted by atomic mass is 32.2. The molecule has 1 heterocycles. The molecule has 33 heavy (non-hydrogen) atoms. The third-order valence-corrected chi connectivity index (χ3v) is 7.49. The number of likely N-dealkylation sites (N-methyl/N-ethyl adjacent to an activating group) is 1. The van der Waals surface area contributed by atoms with Crippen molar-refractivity contribution in [2.75, 3.05) is 26.2 Å². The fourth-order valence-corrected chi connectivity index (χ4v) is 5.31. The molecule has 7 nitrogen and oxygen atoms in total. The number of ether oxygens (including phenoxy) is 1. The maximum atomic E-state index is 13.4. The molecule has 0 N–H and O–H groups in total. The van der Waals surface area contributed by atoms with Gasteiger partial charge >= 0.3 is 5.97 Å². The van der Waals surface area contributed by atoms with Crippen LogP contribution in [0.5, 0.6) is 0 Å². The van der Waals surface area contributed by atoms with Crippen molar-refractivity contribution in [3.8, 4) is 0 Å². The summed E-state index contributed by atoms with van der Waals surface area (Å²) in [6.45, 7) is 2.75. The Morgan fingerprint density at radius 2 is 1.73 bits per heavy atom. The third kappa shape index (κ3) is 6.61. The zero-order chi connectivity index (χ0) is 23.8. The molecule has 0 aromatic heterocycles. The van der Waals surface area contributed by atoms with Crippen LogP contribution in [0.15, 0.2) is 53.4 Å². The third-order valence-electron chi connectivity index (χ3n) is 5.60. The van der Waals surface area contributed by atoms with E-state index in [2.05, 4.69) is 0 Å². The molecule has 2 aromatic rings. The number of carbonyl (C=O) groups excluding carboxylic acids is 2. The van der Waals surface area contributed by atoms with E-state index in [9.17, 15) is 22.4 Å². The lowest BCUT2D eigenvalue weighted by Crippen LogP contribution is -2.34. The molecule has 0 bridgehead atoms. The summed E-state index contributed by atoms with van der Waals surface area (Å²) in [6.07, 6.45) is 3.63. The Hall–Kier alpha value is -2.78. The van der Waals surface area contributed by atoms with Crippen molar-refractivity contribution in [2.24, 2.45) is 0 Å². The van der Waals surface area contributed by atoms with Crippen LogP contribution in [0.2, 0.25) is 0 Å². The van der Waals surface area contributed by atoms with Gasteiger partial charge in [-0.05, 0) is 55.7 Å². The lowest BCUT2D eigenvalue weighted by molar-refractivity contribution is -0.134. The van der Waals surface area contributed by atoms with Crippen molar-refractivity contribution >= 4 is 21.9 Å². The minimum atomic E-state index is -3.71. The average molecular weight is 477 g/mol. The van der Waals surface area contributed by atoms with E-state index in [4.69, 9.17) is 4.74 Å². The van der Waals surface area contributed by atoms with Crippen molar-refractivity contribution < 1.29 is 27.1 Å². The van der Waals surface area contributed by atoms with E-state index >= 15 is 0 Å². The smallest absolute Gasteiger partial charge is 0.338 e. The Bertz CT molecular complexity index is 1080. The Morgan fingerprint density at radius 1 is 1.03 bits per heavy atom. The van der Waals surface area contributed by atoms with Crippen LogP contribution < -0.4 is 0 Å². The van der Waals surface area contributed by atoms with Gasteiger partial charge in [0.2, 0.25) is 10.0 Å². The molecule has 0 radical (unpaired) electrons. The molecule has 0 atom stereocenters. The van der Waals surface area contributed by atoms with Gasteiger partial charge in [-0.15, -0.1) is 0 Å². The molecule has 2 aromatic carbocycles. The molecule has 0 unspecified atom stereocenters. The van der Waals surface area contributed by atoms with Gasteiger partial charge in [0.15, 0.2) is 6.61 Å². The fourth-order valence-electron chi connectivity index (χ4n) is 3.75. The highest BCUT2D eigenvalue weighted by Gasteiger charge is 2.26. The second-order valence-corrected chi connectivity index (χ2v) is 9.90. The number of carbonyl (C=O) groups is 2. The summed E-state index contributed by atoms with van der Waals surface area (Å²) in [7, 11) is -3.71. The molecule has 1 aliphatic heterocycles. The molecule has 0 saturated carbocycles. The number of halogens is 1. The second-order valence-electron chi connectivity index (χ2n) is 7.96. The van der Waals surface area contributed by atoms with Crippen molar-refractivity contribution in [1.82, 2.24) is 9.21 Å². The zero-order valence-corrected chi connectivity index (χ0v) is 19.5. The number of rotatable bonds is 8. The molecule has 9 heteroatoms. The molecule has 1 amide bonds. The molecule has 3 rings (SSSR count). The van der Waals surface area contributed by atoms with Gasteiger partial charge in [-0.3, -0.25) is 4.79 Å². The second kappa shape index (κ2) is 11.4. The number of sulfonamides is 1. The summed E-state index contributed by atoms with van der Waals surface area (Å²) in [4.78, 5) is 26.5. The van der Waals surface area contributed by atoms with E-state index in [0.717, 1.165) is 25.7 Å². The first-order chi connectivity index (χ1) is 15.8. The number of nitrogens with zero attached hydrogens (tertiary/aromatic N) is 2. The van der Waals surface area contributed by atoms with Crippen LogP contribution in [0.4, 0.5) is 4.39 Å². The monoisotopic (exact) mass is 476 g/mol. The Kier molecular flexibility index (Phi) is 8.57. The number of benzene rings is 2. The van der Waals surface area contributed by atoms with Crippen LogP contribution >= 0.6 is 0 Å². The predicted octanol–water partition coefficient (Wildman–Crippen LogP) is 3.60. The zero-order valence-electron chi connectivity index (χ0n) is 18.7. The molecular formula is C24H29FN2O5S. The maximum Gasteiger partial charge on any atom is 0.338 e. The first-order valence-corrected chi connectivity index (χ1v) is 12.5. The van der Waals surface area contributed by atoms with Crippen LogP contribution in [0.1, 0.15) is 48.5 Å². The highest BCUT2D eigenvalue weighted by molar-refractivity contribution is 7.89. The largest absolute Gasteiger partial charge is 0.452 e. The van der Waals surface area contributed by atoms with Crippen molar-refractivity contribution in [2.45, 2.75) is 44.0 Å². The number of esters is 1. The highest BCUT2D eigenvalue weighted by Crippen LogP contribution is 2.21. The van der Waals surface area contributed by atoms with Gasteiger partial charge in [0.05, 0.1) is 10.5 Å². The normalized spacial score (nSPS) is 15.0. The summed E-state index contributed by atoms with van der Waals surface area (Å²) in [6, 6.07) is 11.6. The van der Waals surface area contributed by atoms with Gasteiger partial charge < -0.3 is 9.64 Å².